The predicted octanol–water partition coefficient (Wildman–Crippen LogP) is 7.00. The summed E-state index contributed by atoms with van der Waals surface area (Å²) in [7, 11) is 0. The van der Waals surface area contributed by atoms with Crippen LogP contribution >= 0.6 is 11.3 Å². The molecule has 0 bridgehead atoms. The number of anilines is 2. The van der Waals surface area contributed by atoms with Crippen molar-refractivity contribution in [3.8, 4) is 10.4 Å². The number of hydrogen-bond acceptors (Lipinski definition) is 6. The molecule has 3 atom stereocenters. The van der Waals surface area contributed by atoms with Gasteiger partial charge < -0.3 is 10.2 Å². The summed E-state index contributed by atoms with van der Waals surface area (Å²) in [4.78, 5) is 19.0. The van der Waals surface area contributed by atoms with Gasteiger partial charge in [0.15, 0.2) is 5.13 Å². The van der Waals surface area contributed by atoms with Gasteiger partial charge in [-0.2, -0.15) is 0 Å². The summed E-state index contributed by atoms with van der Waals surface area (Å²) in [5, 5.41) is 15.8. The highest BCUT2D eigenvalue weighted by Gasteiger charge is 2.30. The minimum absolute atomic E-state index is 0.158. The van der Waals surface area contributed by atoms with E-state index < -0.39 is 0 Å². The van der Waals surface area contributed by atoms with Crippen LogP contribution in [-0.4, -0.2) is 29.0 Å². The molecule has 1 aliphatic heterocycles. The summed E-state index contributed by atoms with van der Waals surface area (Å²) in [6.07, 6.45) is 10.8. The Hall–Kier alpha value is -2.93. The molecule has 2 heterocycles. The van der Waals surface area contributed by atoms with E-state index >= 15 is 0 Å². The van der Waals surface area contributed by atoms with E-state index in [-0.39, 0.29) is 10.6 Å². The molecule has 0 unspecified atom stereocenters. The fraction of sp³-hybridized carbons (Fsp3) is 0.444. The monoisotopic (exact) mass is 476 g/mol. The molecule has 1 aromatic heterocycles. The number of benzene rings is 2. The smallest absolute Gasteiger partial charge is 0.269 e. The fourth-order valence-electron chi connectivity index (χ4n) is 5.62. The molecule has 3 aromatic rings. The lowest BCUT2D eigenvalue weighted by molar-refractivity contribution is -0.384. The second-order valence-corrected chi connectivity index (χ2v) is 10.7. The third kappa shape index (κ3) is 5.41. The SMILES string of the molecule is O=[N+]([O-])c1ccc(N2CCC[C@H](C[C@@H]3CCCC[C@H]3Nc3ncc(-c4ccccc4)s3)C2)cc1. The van der Waals surface area contributed by atoms with Crippen LogP contribution in [0.5, 0.6) is 0 Å². The first kappa shape index (κ1) is 22.8. The number of nitrogens with one attached hydrogen (secondary N) is 1. The van der Waals surface area contributed by atoms with Crippen LogP contribution in [0, 0.1) is 22.0 Å². The topological polar surface area (TPSA) is 71.3 Å². The van der Waals surface area contributed by atoms with Crippen LogP contribution < -0.4 is 10.2 Å². The van der Waals surface area contributed by atoms with E-state index in [0.29, 0.717) is 17.9 Å². The van der Waals surface area contributed by atoms with E-state index in [1.165, 1.54) is 55.4 Å². The Bertz CT molecular complexity index is 1090. The molecule has 2 fully saturated rings. The minimum atomic E-state index is -0.329. The lowest BCUT2D eigenvalue weighted by atomic mass is 9.77. The number of nitrogens with zero attached hydrogens (tertiary/aromatic N) is 3. The molecule has 7 heteroatoms. The van der Waals surface area contributed by atoms with Gasteiger partial charge in [-0.15, -0.1) is 0 Å². The number of non-ortho nitro benzene ring substituents is 1. The average Bonchev–Trinajstić information content (AvgIpc) is 3.35. The van der Waals surface area contributed by atoms with Gasteiger partial charge in [-0.3, -0.25) is 10.1 Å². The van der Waals surface area contributed by atoms with Crippen molar-refractivity contribution in [3.63, 3.8) is 0 Å². The molecule has 0 radical (unpaired) electrons. The summed E-state index contributed by atoms with van der Waals surface area (Å²) in [5.74, 6) is 1.33. The quantitative estimate of drug-likeness (QED) is 0.294. The Kier molecular flexibility index (Phi) is 7.09. The van der Waals surface area contributed by atoms with Gasteiger partial charge in [0.1, 0.15) is 0 Å². The van der Waals surface area contributed by atoms with E-state index in [1.807, 2.05) is 24.4 Å². The number of hydrogen-bond donors (Lipinski definition) is 1. The molecule has 2 aromatic carbocycles. The first-order valence-corrected chi connectivity index (χ1v) is 13.2. The number of nitro benzene ring substituents is 1. The standard InChI is InChI=1S/C27H32N4O2S/c32-31(33)24-14-12-23(13-15-24)30-16-6-7-20(19-30)17-22-10-4-5-11-25(22)29-27-28-18-26(34-27)21-8-2-1-3-9-21/h1-3,8-9,12-15,18,20,22,25H,4-7,10-11,16-17,19H2,(H,28,29)/t20-,22+,25-/m1/s1. The molecule has 0 amide bonds. The van der Waals surface area contributed by atoms with Gasteiger partial charge in [-0.05, 0) is 61.6 Å². The molecule has 2 aliphatic rings. The molecule has 1 saturated heterocycles. The van der Waals surface area contributed by atoms with Crippen LogP contribution in [0.1, 0.15) is 44.9 Å². The second kappa shape index (κ2) is 10.6. The van der Waals surface area contributed by atoms with Crippen molar-refractivity contribution < 1.29 is 4.92 Å². The van der Waals surface area contributed by atoms with Gasteiger partial charge in [-0.1, -0.05) is 54.5 Å². The Balaban J connectivity index is 1.21. The molecule has 6 nitrogen and oxygen atoms in total. The Morgan fingerprint density at radius 3 is 2.62 bits per heavy atom. The van der Waals surface area contributed by atoms with Gasteiger partial charge in [0.05, 0.1) is 9.80 Å². The highest BCUT2D eigenvalue weighted by Crippen LogP contribution is 2.37. The van der Waals surface area contributed by atoms with Crippen molar-refractivity contribution in [2.75, 3.05) is 23.3 Å². The maximum atomic E-state index is 11.0. The largest absolute Gasteiger partial charge is 0.371 e. The highest BCUT2D eigenvalue weighted by molar-refractivity contribution is 7.18. The third-order valence-corrected chi connectivity index (χ3v) is 8.34. The molecule has 0 spiro atoms. The van der Waals surface area contributed by atoms with Gasteiger partial charge in [0.25, 0.3) is 5.69 Å². The maximum Gasteiger partial charge on any atom is 0.269 e. The van der Waals surface area contributed by atoms with Crippen molar-refractivity contribution in [2.45, 2.75) is 51.0 Å². The number of aromatic nitrogens is 1. The average molecular weight is 477 g/mol. The van der Waals surface area contributed by atoms with E-state index in [2.05, 4.69) is 34.5 Å². The minimum Gasteiger partial charge on any atom is -0.371 e. The Morgan fingerprint density at radius 1 is 1.03 bits per heavy atom. The first-order valence-electron chi connectivity index (χ1n) is 12.4. The van der Waals surface area contributed by atoms with Crippen molar-refractivity contribution in [2.24, 2.45) is 11.8 Å². The van der Waals surface area contributed by atoms with Gasteiger partial charge >= 0.3 is 0 Å². The van der Waals surface area contributed by atoms with Gasteiger partial charge in [0.2, 0.25) is 0 Å². The van der Waals surface area contributed by atoms with Crippen molar-refractivity contribution in [3.05, 3.63) is 70.9 Å². The Morgan fingerprint density at radius 2 is 1.82 bits per heavy atom. The summed E-state index contributed by atoms with van der Waals surface area (Å²) < 4.78 is 0. The molecule has 178 valence electrons. The molecule has 1 saturated carbocycles. The van der Waals surface area contributed by atoms with E-state index in [4.69, 9.17) is 4.98 Å². The number of nitro groups is 1. The molecule has 1 N–H and O–H groups in total. The summed E-state index contributed by atoms with van der Waals surface area (Å²) in [6, 6.07) is 18.0. The summed E-state index contributed by atoms with van der Waals surface area (Å²) in [6.45, 7) is 2.07. The number of rotatable bonds is 7. The Labute approximate surface area is 205 Å². The fourth-order valence-corrected chi connectivity index (χ4v) is 6.50. The van der Waals surface area contributed by atoms with Crippen molar-refractivity contribution in [1.82, 2.24) is 4.98 Å². The molecular weight excluding hydrogens is 444 g/mol. The van der Waals surface area contributed by atoms with Crippen molar-refractivity contribution in [1.29, 1.82) is 0 Å². The third-order valence-electron chi connectivity index (χ3n) is 7.36. The van der Waals surface area contributed by atoms with Crippen LogP contribution in [0.2, 0.25) is 0 Å². The molecular formula is C27H32N4O2S. The van der Waals surface area contributed by atoms with E-state index in [1.54, 1.807) is 23.5 Å². The zero-order chi connectivity index (χ0) is 23.3. The first-order chi connectivity index (χ1) is 16.7. The number of piperidine rings is 1. The van der Waals surface area contributed by atoms with Crippen LogP contribution in [0.15, 0.2) is 60.8 Å². The molecule has 5 rings (SSSR count). The number of thiazole rings is 1. The lowest BCUT2D eigenvalue weighted by Gasteiger charge is -2.39. The maximum absolute atomic E-state index is 11.0. The lowest BCUT2D eigenvalue weighted by Crippen LogP contribution is -2.39. The highest BCUT2D eigenvalue weighted by atomic mass is 32.1. The second-order valence-electron chi connectivity index (χ2n) is 9.65. The van der Waals surface area contributed by atoms with E-state index in [0.717, 1.165) is 23.9 Å². The van der Waals surface area contributed by atoms with Crippen LogP contribution in [0.25, 0.3) is 10.4 Å². The van der Waals surface area contributed by atoms with Crippen molar-refractivity contribution >= 4 is 27.8 Å². The zero-order valence-electron chi connectivity index (χ0n) is 19.4. The summed E-state index contributed by atoms with van der Waals surface area (Å²) >= 11 is 1.75. The zero-order valence-corrected chi connectivity index (χ0v) is 20.3. The molecule has 34 heavy (non-hydrogen) atoms. The normalized spacial score (nSPS) is 22.9. The van der Waals surface area contributed by atoms with Crippen LogP contribution in [-0.2, 0) is 0 Å². The van der Waals surface area contributed by atoms with Crippen LogP contribution in [0.3, 0.4) is 0 Å². The van der Waals surface area contributed by atoms with Gasteiger partial charge in [-0.25, -0.2) is 4.98 Å². The van der Waals surface area contributed by atoms with Gasteiger partial charge in [0, 0.05) is 43.1 Å². The van der Waals surface area contributed by atoms with Crippen LogP contribution in [0.4, 0.5) is 16.5 Å². The molecule has 1 aliphatic carbocycles. The summed E-state index contributed by atoms with van der Waals surface area (Å²) in [5.41, 5.74) is 2.48. The predicted molar refractivity (Wildman–Crippen MR) is 140 cm³/mol. The van der Waals surface area contributed by atoms with E-state index in [9.17, 15) is 10.1 Å².